The summed E-state index contributed by atoms with van der Waals surface area (Å²) in [6.45, 7) is 6.31. The molecule has 0 saturated heterocycles. The third-order valence-corrected chi connectivity index (χ3v) is 4.08. The third-order valence-electron chi connectivity index (χ3n) is 2.95. The maximum absolute atomic E-state index is 11.9. The Morgan fingerprint density at radius 3 is 2.68 bits per heavy atom. The molecule has 0 saturated carbocycles. The van der Waals surface area contributed by atoms with E-state index in [1.807, 2.05) is 18.2 Å². The summed E-state index contributed by atoms with van der Waals surface area (Å²) in [6, 6.07) is 8.14. The second-order valence-electron chi connectivity index (χ2n) is 4.97. The average molecular weight is 280 g/mol. The summed E-state index contributed by atoms with van der Waals surface area (Å²) in [5, 5.41) is 2.98. The predicted molar refractivity (Wildman–Crippen MR) is 84.8 cm³/mol. The Balaban J connectivity index is 2.48. The monoisotopic (exact) mass is 280 g/mol. The molecule has 106 valence electrons. The van der Waals surface area contributed by atoms with Gasteiger partial charge in [0, 0.05) is 17.5 Å². The van der Waals surface area contributed by atoms with E-state index in [-0.39, 0.29) is 11.9 Å². The highest BCUT2D eigenvalue weighted by atomic mass is 32.2. The van der Waals surface area contributed by atoms with Gasteiger partial charge in [-0.15, -0.1) is 0 Å². The van der Waals surface area contributed by atoms with Gasteiger partial charge >= 0.3 is 0 Å². The molecule has 4 heteroatoms. The molecule has 1 amide bonds. The van der Waals surface area contributed by atoms with Crippen molar-refractivity contribution in [2.75, 3.05) is 16.8 Å². The molecule has 3 nitrogen and oxygen atoms in total. The Bertz CT molecular complexity index is 407. The van der Waals surface area contributed by atoms with Crippen LogP contribution >= 0.6 is 11.8 Å². The van der Waals surface area contributed by atoms with Gasteiger partial charge in [-0.25, -0.2) is 0 Å². The Hall–Kier alpha value is -1.00. The molecule has 0 spiro atoms. The van der Waals surface area contributed by atoms with Crippen molar-refractivity contribution in [3.05, 3.63) is 29.8 Å². The van der Waals surface area contributed by atoms with Crippen LogP contribution in [0, 0.1) is 0 Å². The molecule has 0 aliphatic carbocycles. The first-order valence-electron chi connectivity index (χ1n) is 6.76. The van der Waals surface area contributed by atoms with Crippen LogP contribution in [0.4, 0.5) is 5.69 Å². The number of hydrogen-bond acceptors (Lipinski definition) is 3. The summed E-state index contributed by atoms with van der Waals surface area (Å²) in [4.78, 5) is 11.9. The van der Waals surface area contributed by atoms with E-state index in [2.05, 4.69) is 32.2 Å². The van der Waals surface area contributed by atoms with Crippen LogP contribution in [0.1, 0.15) is 38.7 Å². The number of thioether (sulfide) groups is 1. The number of nitrogens with one attached hydrogen (secondary N) is 1. The highest BCUT2D eigenvalue weighted by Gasteiger charge is 2.09. The number of para-hydroxylation sites is 1. The number of benzene rings is 1. The van der Waals surface area contributed by atoms with E-state index in [9.17, 15) is 4.79 Å². The van der Waals surface area contributed by atoms with Gasteiger partial charge in [-0.05, 0) is 24.0 Å². The van der Waals surface area contributed by atoms with Gasteiger partial charge in [-0.1, -0.05) is 39.0 Å². The smallest absolute Gasteiger partial charge is 0.234 e. The zero-order valence-corrected chi connectivity index (χ0v) is 12.8. The Morgan fingerprint density at radius 2 is 2.05 bits per heavy atom. The van der Waals surface area contributed by atoms with Crippen LogP contribution in [0.25, 0.3) is 0 Å². The molecular formula is C15H24N2OS. The van der Waals surface area contributed by atoms with Crippen molar-refractivity contribution in [3.8, 4) is 0 Å². The predicted octanol–water partition coefficient (Wildman–Crippen LogP) is 3.22. The molecule has 1 atom stereocenters. The highest BCUT2D eigenvalue weighted by Crippen LogP contribution is 2.23. The zero-order valence-electron chi connectivity index (χ0n) is 12.0. The van der Waals surface area contributed by atoms with Crippen molar-refractivity contribution in [2.24, 2.45) is 5.73 Å². The summed E-state index contributed by atoms with van der Waals surface area (Å²) < 4.78 is 0. The molecule has 3 N–H and O–H groups in total. The molecule has 0 aromatic heterocycles. The highest BCUT2D eigenvalue weighted by molar-refractivity contribution is 8.00. The summed E-state index contributed by atoms with van der Waals surface area (Å²) in [5.41, 5.74) is 7.91. The first-order chi connectivity index (χ1) is 9.04. The SMILES string of the molecule is CCC(N)CSCC(=O)Nc1ccccc1C(C)C. The van der Waals surface area contributed by atoms with Crippen LogP contribution in [-0.4, -0.2) is 23.5 Å². The second-order valence-corrected chi connectivity index (χ2v) is 6.00. The molecule has 0 heterocycles. The fraction of sp³-hybridized carbons (Fsp3) is 0.533. The van der Waals surface area contributed by atoms with E-state index in [1.54, 1.807) is 11.8 Å². The van der Waals surface area contributed by atoms with Gasteiger partial charge in [0.1, 0.15) is 0 Å². The van der Waals surface area contributed by atoms with Gasteiger partial charge in [0.25, 0.3) is 0 Å². The molecule has 19 heavy (non-hydrogen) atoms. The van der Waals surface area contributed by atoms with Crippen molar-refractivity contribution >= 4 is 23.4 Å². The van der Waals surface area contributed by atoms with Crippen molar-refractivity contribution in [1.82, 2.24) is 0 Å². The summed E-state index contributed by atoms with van der Waals surface area (Å²) >= 11 is 1.59. The number of amides is 1. The molecule has 1 aromatic rings. The van der Waals surface area contributed by atoms with Gasteiger partial charge in [0.15, 0.2) is 0 Å². The molecule has 1 aromatic carbocycles. The molecule has 0 bridgehead atoms. The Labute approximate surface area is 120 Å². The standard InChI is InChI=1S/C15H24N2OS/c1-4-12(16)9-19-10-15(18)17-14-8-6-5-7-13(14)11(2)3/h5-8,11-12H,4,9-10,16H2,1-3H3,(H,17,18). The van der Waals surface area contributed by atoms with E-state index in [0.717, 1.165) is 17.9 Å². The lowest BCUT2D eigenvalue weighted by atomic mass is 10.0. The number of hydrogen-bond donors (Lipinski definition) is 2. The van der Waals surface area contributed by atoms with E-state index in [1.165, 1.54) is 5.56 Å². The first-order valence-corrected chi connectivity index (χ1v) is 7.92. The summed E-state index contributed by atoms with van der Waals surface area (Å²) in [7, 11) is 0. The topological polar surface area (TPSA) is 55.1 Å². The van der Waals surface area contributed by atoms with Crippen molar-refractivity contribution in [1.29, 1.82) is 0 Å². The molecule has 1 rings (SSSR count). The van der Waals surface area contributed by atoms with Gasteiger partial charge in [-0.2, -0.15) is 11.8 Å². The van der Waals surface area contributed by atoms with Crippen LogP contribution < -0.4 is 11.1 Å². The van der Waals surface area contributed by atoms with Gasteiger partial charge < -0.3 is 11.1 Å². The lowest BCUT2D eigenvalue weighted by molar-refractivity contribution is -0.113. The number of rotatable bonds is 7. The maximum Gasteiger partial charge on any atom is 0.234 e. The van der Waals surface area contributed by atoms with Crippen LogP contribution in [0.3, 0.4) is 0 Å². The molecular weight excluding hydrogens is 256 g/mol. The molecule has 0 aliphatic rings. The fourth-order valence-corrected chi connectivity index (χ4v) is 2.64. The lowest BCUT2D eigenvalue weighted by Gasteiger charge is -2.14. The first kappa shape index (κ1) is 16.1. The number of nitrogens with two attached hydrogens (primary N) is 1. The molecule has 1 unspecified atom stereocenters. The maximum atomic E-state index is 11.9. The number of carbonyl (C=O) groups excluding carboxylic acids is 1. The van der Waals surface area contributed by atoms with Gasteiger partial charge in [-0.3, -0.25) is 4.79 Å². The second kappa shape index (κ2) is 8.23. The summed E-state index contributed by atoms with van der Waals surface area (Å²) in [6.07, 6.45) is 0.949. The zero-order chi connectivity index (χ0) is 14.3. The third kappa shape index (κ3) is 5.66. The van der Waals surface area contributed by atoms with Crippen LogP contribution in [-0.2, 0) is 4.79 Å². The van der Waals surface area contributed by atoms with Crippen molar-refractivity contribution in [3.63, 3.8) is 0 Å². The molecule has 0 radical (unpaired) electrons. The van der Waals surface area contributed by atoms with E-state index in [0.29, 0.717) is 11.7 Å². The molecule has 0 aliphatic heterocycles. The van der Waals surface area contributed by atoms with E-state index >= 15 is 0 Å². The number of carbonyl (C=O) groups is 1. The van der Waals surface area contributed by atoms with Crippen LogP contribution in [0.2, 0.25) is 0 Å². The quantitative estimate of drug-likeness (QED) is 0.806. The lowest BCUT2D eigenvalue weighted by Crippen LogP contribution is -2.23. The van der Waals surface area contributed by atoms with E-state index in [4.69, 9.17) is 5.73 Å². The minimum Gasteiger partial charge on any atom is -0.327 e. The van der Waals surface area contributed by atoms with Gasteiger partial charge in [0.2, 0.25) is 5.91 Å². The van der Waals surface area contributed by atoms with Gasteiger partial charge in [0.05, 0.1) is 5.75 Å². The number of anilines is 1. The van der Waals surface area contributed by atoms with Crippen molar-refractivity contribution in [2.45, 2.75) is 39.2 Å². The van der Waals surface area contributed by atoms with Crippen LogP contribution in [0.15, 0.2) is 24.3 Å². The Kier molecular flexibility index (Phi) is 6.95. The largest absolute Gasteiger partial charge is 0.327 e. The average Bonchev–Trinajstić information content (AvgIpc) is 2.38. The van der Waals surface area contributed by atoms with E-state index < -0.39 is 0 Å². The van der Waals surface area contributed by atoms with Crippen molar-refractivity contribution < 1.29 is 4.79 Å². The minimum atomic E-state index is 0.0430. The van der Waals surface area contributed by atoms with Crippen LogP contribution in [0.5, 0.6) is 0 Å². The normalized spacial score (nSPS) is 12.5. The minimum absolute atomic E-state index is 0.0430. The Morgan fingerprint density at radius 1 is 1.37 bits per heavy atom. The summed E-state index contributed by atoms with van der Waals surface area (Å²) in [5.74, 6) is 1.73. The molecule has 0 fully saturated rings. The fourth-order valence-electron chi connectivity index (χ4n) is 1.72.